The molecule has 7 nitrogen and oxygen atoms in total. The highest BCUT2D eigenvalue weighted by atomic mass is 16.6. The number of aliphatic carboxylic acids is 2. The smallest absolute Gasteiger partial charge is 0.319 e. The number of esters is 2. The summed E-state index contributed by atoms with van der Waals surface area (Å²) in [6, 6.07) is 0. The summed E-state index contributed by atoms with van der Waals surface area (Å²) in [4.78, 5) is 49.5. The van der Waals surface area contributed by atoms with E-state index in [2.05, 4.69) is 0 Å². The van der Waals surface area contributed by atoms with Crippen LogP contribution in [0, 0.1) is 33.5 Å². The minimum atomic E-state index is -1.08. The normalized spacial score (nSPS) is 42.7. The molecule has 0 aliphatic heterocycles. The van der Waals surface area contributed by atoms with Crippen molar-refractivity contribution in [3.8, 4) is 0 Å². The van der Waals surface area contributed by atoms with Crippen LogP contribution in [0.4, 0.5) is 0 Å². The van der Waals surface area contributed by atoms with Crippen LogP contribution in [0.3, 0.4) is 0 Å². The van der Waals surface area contributed by atoms with Crippen LogP contribution in [0.25, 0.3) is 0 Å². The topological polar surface area (TPSA) is 118 Å². The largest absolute Gasteiger partial charge is 0.481 e. The first-order valence-corrected chi connectivity index (χ1v) is 10.3. The van der Waals surface area contributed by atoms with E-state index in [0.29, 0.717) is 25.7 Å². The van der Waals surface area contributed by atoms with Crippen molar-refractivity contribution in [3.05, 3.63) is 0 Å². The minimum Gasteiger partial charge on any atom is -0.481 e. The Balaban J connectivity index is 2.22. The van der Waals surface area contributed by atoms with Gasteiger partial charge in [-0.1, -0.05) is 13.8 Å². The molecule has 0 bridgehead atoms. The van der Waals surface area contributed by atoms with Gasteiger partial charge < -0.3 is 14.9 Å². The van der Waals surface area contributed by atoms with Crippen LogP contribution in [0.15, 0.2) is 0 Å². The van der Waals surface area contributed by atoms with Gasteiger partial charge in [-0.25, -0.2) is 0 Å². The Hall–Kier alpha value is -1.92. The van der Waals surface area contributed by atoms with Crippen molar-refractivity contribution in [2.24, 2.45) is 33.5 Å². The third-order valence-electron chi connectivity index (χ3n) is 6.96. The average Bonchev–Trinajstić information content (AvgIpc) is 2.51. The van der Waals surface area contributed by atoms with Crippen molar-refractivity contribution in [3.63, 3.8) is 0 Å². The van der Waals surface area contributed by atoms with E-state index in [1.807, 2.05) is 13.8 Å². The van der Waals surface area contributed by atoms with Crippen LogP contribution in [0.1, 0.15) is 80.1 Å². The van der Waals surface area contributed by atoms with E-state index >= 15 is 0 Å². The number of carboxylic acids is 2. The molecule has 0 spiro atoms. The van der Waals surface area contributed by atoms with Crippen molar-refractivity contribution in [1.29, 1.82) is 0 Å². The first-order chi connectivity index (χ1) is 13.1. The predicted molar refractivity (Wildman–Crippen MR) is 105 cm³/mol. The molecule has 2 N–H and O–H groups in total. The van der Waals surface area contributed by atoms with Crippen LogP contribution < -0.4 is 0 Å². The summed E-state index contributed by atoms with van der Waals surface area (Å²) in [6.45, 7) is 10.4. The van der Waals surface area contributed by atoms with E-state index in [1.54, 1.807) is 27.7 Å². The molecule has 0 saturated heterocycles. The Morgan fingerprint density at radius 1 is 0.655 bits per heavy atom. The van der Waals surface area contributed by atoms with E-state index < -0.39 is 45.5 Å². The summed E-state index contributed by atoms with van der Waals surface area (Å²) in [5, 5.41) is 19.2. The first-order valence-electron chi connectivity index (χ1n) is 10.3. The molecule has 6 atom stereocenters. The van der Waals surface area contributed by atoms with E-state index in [1.165, 1.54) is 0 Å². The van der Waals surface area contributed by atoms with Gasteiger partial charge >= 0.3 is 23.9 Å². The Kier molecular flexibility index (Phi) is 5.96. The zero-order chi connectivity index (χ0) is 22.4. The molecule has 0 aromatic rings. The van der Waals surface area contributed by atoms with Gasteiger partial charge in [0.1, 0.15) is 0 Å². The van der Waals surface area contributed by atoms with Crippen LogP contribution >= 0.6 is 0 Å². The molecule has 2 aliphatic rings. The molecule has 2 aliphatic carbocycles. The highest BCUT2D eigenvalue weighted by molar-refractivity contribution is 5.92. The first kappa shape index (κ1) is 23.4. The zero-order valence-corrected chi connectivity index (χ0v) is 18.3. The number of carbonyl (C=O) groups is 4. The third kappa shape index (κ3) is 4.48. The lowest BCUT2D eigenvalue weighted by Gasteiger charge is -2.45. The van der Waals surface area contributed by atoms with Gasteiger partial charge in [0.05, 0.1) is 21.7 Å². The second-order valence-electron chi connectivity index (χ2n) is 10.9. The molecule has 29 heavy (non-hydrogen) atoms. The van der Waals surface area contributed by atoms with Crippen molar-refractivity contribution in [1.82, 2.24) is 0 Å². The summed E-state index contributed by atoms with van der Waals surface area (Å²) in [6.07, 6.45) is 2.03. The second-order valence-corrected chi connectivity index (χ2v) is 10.9. The van der Waals surface area contributed by atoms with Gasteiger partial charge in [-0.15, -0.1) is 0 Å². The molecule has 0 heterocycles. The number of hydrogen-bond acceptors (Lipinski definition) is 5. The molecule has 6 unspecified atom stereocenters. The lowest BCUT2D eigenvalue weighted by Crippen LogP contribution is -2.49. The van der Waals surface area contributed by atoms with Gasteiger partial charge in [0.2, 0.25) is 0 Å². The van der Waals surface area contributed by atoms with Gasteiger partial charge in [0.15, 0.2) is 0 Å². The van der Waals surface area contributed by atoms with Gasteiger partial charge in [-0.3, -0.25) is 19.2 Å². The Bertz CT molecular complexity index is 671. The number of rotatable bonds is 4. The molecule has 164 valence electrons. The fourth-order valence-corrected chi connectivity index (χ4v) is 6.20. The van der Waals surface area contributed by atoms with E-state index in [4.69, 9.17) is 4.74 Å². The maximum atomic E-state index is 13.0. The molecule has 0 amide bonds. The van der Waals surface area contributed by atoms with Crippen molar-refractivity contribution >= 4 is 23.9 Å². The summed E-state index contributed by atoms with van der Waals surface area (Å²) in [5.41, 5.74) is -4.26. The van der Waals surface area contributed by atoms with E-state index in [9.17, 15) is 29.4 Å². The summed E-state index contributed by atoms with van der Waals surface area (Å²) in [7, 11) is 0. The molecule has 2 rings (SSSR count). The van der Waals surface area contributed by atoms with Gasteiger partial charge in [-0.05, 0) is 78.1 Å². The number of carboxylic acid groups (broad SMARTS) is 2. The fourth-order valence-electron chi connectivity index (χ4n) is 6.20. The highest BCUT2D eigenvalue weighted by Gasteiger charge is 2.54. The molecular formula is C22H34O7. The van der Waals surface area contributed by atoms with Crippen molar-refractivity contribution in [2.75, 3.05) is 0 Å². The van der Waals surface area contributed by atoms with Crippen molar-refractivity contribution in [2.45, 2.75) is 80.1 Å². The van der Waals surface area contributed by atoms with Crippen LogP contribution in [-0.4, -0.2) is 34.1 Å². The average molecular weight is 411 g/mol. The fraction of sp³-hybridized carbons (Fsp3) is 0.818. The predicted octanol–water partition coefficient (Wildman–Crippen LogP) is 3.89. The monoisotopic (exact) mass is 410 g/mol. The van der Waals surface area contributed by atoms with Crippen molar-refractivity contribution < 1.29 is 34.1 Å². The summed E-state index contributed by atoms with van der Waals surface area (Å²) in [5.74, 6) is -3.34. The lowest BCUT2D eigenvalue weighted by molar-refractivity contribution is -0.182. The van der Waals surface area contributed by atoms with Gasteiger partial charge in [0.25, 0.3) is 0 Å². The Labute approximate surface area is 172 Å². The van der Waals surface area contributed by atoms with Crippen LogP contribution in [0.2, 0.25) is 0 Å². The molecular weight excluding hydrogens is 376 g/mol. The van der Waals surface area contributed by atoms with Crippen LogP contribution in [0.5, 0.6) is 0 Å². The second kappa shape index (κ2) is 7.40. The van der Waals surface area contributed by atoms with E-state index in [-0.39, 0.29) is 24.7 Å². The minimum absolute atomic E-state index is 0.00177. The maximum Gasteiger partial charge on any atom is 0.319 e. The third-order valence-corrected chi connectivity index (χ3v) is 6.96. The van der Waals surface area contributed by atoms with Gasteiger partial charge in [0, 0.05) is 0 Å². The molecule has 7 heteroatoms. The molecule has 2 fully saturated rings. The molecule has 0 aromatic heterocycles. The summed E-state index contributed by atoms with van der Waals surface area (Å²) < 4.78 is 5.31. The number of carbonyl (C=O) groups excluding carboxylic acids is 2. The zero-order valence-electron chi connectivity index (χ0n) is 18.3. The van der Waals surface area contributed by atoms with E-state index in [0.717, 1.165) is 0 Å². The quantitative estimate of drug-likeness (QED) is 0.533. The molecule has 0 aromatic carbocycles. The SMILES string of the molecule is CC1CC(C)(C(=O)O)CC(C)(C(=O)OC(=O)C2(C)CC(C)CC(C)(C(=O)O)C2)C1. The van der Waals surface area contributed by atoms with Crippen LogP contribution in [-0.2, 0) is 23.9 Å². The number of hydrogen-bond donors (Lipinski definition) is 2. The lowest BCUT2D eigenvalue weighted by atomic mass is 9.59. The Morgan fingerprint density at radius 3 is 1.21 bits per heavy atom. The Morgan fingerprint density at radius 2 is 0.931 bits per heavy atom. The standard InChI is InChI=1S/C22H34O7/c1-13-7-19(3,15(23)24)11-21(5,9-13)17(27)29-18(28)22(6)10-14(2)8-20(4,12-22)16(25)26/h13-14H,7-12H2,1-6H3,(H,23,24)(H,25,26). The summed E-state index contributed by atoms with van der Waals surface area (Å²) >= 11 is 0. The maximum absolute atomic E-state index is 13.0. The molecule has 2 saturated carbocycles. The van der Waals surface area contributed by atoms with Gasteiger partial charge in [-0.2, -0.15) is 0 Å². The number of ether oxygens (including phenoxy) is 1. The highest BCUT2D eigenvalue weighted by Crippen LogP contribution is 2.52. The molecule has 0 radical (unpaired) electrons.